The maximum absolute atomic E-state index is 13.7. The summed E-state index contributed by atoms with van der Waals surface area (Å²) >= 11 is 3.94. The lowest BCUT2D eigenvalue weighted by molar-refractivity contribution is 0.618. The molecule has 2 N–H and O–H groups in total. The first-order valence-electron chi connectivity index (χ1n) is 5.87. The zero-order valence-corrected chi connectivity index (χ0v) is 12.7. The van der Waals surface area contributed by atoms with E-state index in [9.17, 15) is 4.39 Å². The maximum Gasteiger partial charge on any atom is 0.201 e. The molecular formula is C12H13FIN3S. The lowest BCUT2D eigenvalue weighted by Gasteiger charge is -2.11. The van der Waals surface area contributed by atoms with Crippen LogP contribution in [0, 0.1) is 9.39 Å². The Hall–Kier alpha value is -0.500. The molecule has 0 bridgehead atoms. The van der Waals surface area contributed by atoms with Crippen LogP contribution in [-0.4, -0.2) is 20.6 Å². The number of fused-ring (bicyclic) bond motifs is 1. The minimum absolute atomic E-state index is 0.205. The van der Waals surface area contributed by atoms with Crippen molar-refractivity contribution in [3.05, 3.63) is 21.5 Å². The van der Waals surface area contributed by atoms with Crippen LogP contribution >= 0.6 is 34.4 Å². The predicted molar refractivity (Wildman–Crippen MR) is 82.3 cm³/mol. The second-order valence-electron chi connectivity index (χ2n) is 4.47. The van der Waals surface area contributed by atoms with Crippen LogP contribution in [0.4, 0.5) is 10.3 Å². The Bertz CT molecular complexity index is 593. The Kier molecular flexibility index (Phi) is 3.40. The zero-order chi connectivity index (χ0) is 12.7. The summed E-state index contributed by atoms with van der Waals surface area (Å²) in [4.78, 5) is 4.32. The number of nitrogens with zero attached hydrogens (tertiary/aromatic N) is 2. The SMILES string of the molecule is Nc1nc2cc(I)c(F)cc2n1CC1CCCS1. The van der Waals surface area contributed by atoms with Gasteiger partial charge in [0.2, 0.25) is 5.95 Å². The molecule has 0 saturated carbocycles. The standard InChI is InChI=1S/C12H13FIN3S/c13-8-4-11-10(5-9(8)14)16-12(15)17(11)6-7-2-1-3-18-7/h4-5,7H,1-3,6H2,(H2,15,16). The molecule has 1 aromatic heterocycles. The molecule has 96 valence electrons. The van der Waals surface area contributed by atoms with Crippen LogP contribution in [0.25, 0.3) is 11.0 Å². The molecule has 6 heteroatoms. The molecule has 3 rings (SSSR count). The van der Waals surface area contributed by atoms with Gasteiger partial charge in [0.15, 0.2) is 0 Å². The van der Waals surface area contributed by atoms with Crippen molar-refractivity contribution >= 4 is 51.3 Å². The number of benzene rings is 1. The number of hydrogen-bond donors (Lipinski definition) is 1. The quantitative estimate of drug-likeness (QED) is 0.818. The molecule has 0 amide bonds. The molecule has 1 saturated heterocycles. The summed E-state index contributed by atoms with van der Waals surface area (Å²) in [5.74, 6) is 1.49. The second kappa shape index (κ2) is 4.88. The van der Waals surface area contributed by atoms with Gasteiger partial charge in [-0.3, -0.25) is 0 Å². The first-order valence-corrected chi connectivity index (χ1v) is 8.00. The number of anilines is 1. The van der Waals surface area contributed by atoms with Crippen LogP contribution in [0.3, 0.4) is 0 Å². The fraction of sp³-hybridized carbons (Fsp3) is 0.417. The van der Waals surface area contributed by atoms with Gasteiger partial charge < -0.3 is 10.3 Å². The van der Waals surface area contributed by atoms with Gasteiger partial charge in [-0.2, -0.15) is 11.8 Å². The van der Waals surface area contributed by atoms with Crippen molar-refractivity contribution in [2.45, 2.75) is 24.6 Å². The number of nitrogen functional groups attached to an aromatic ring is 1. The van der Waals surface area contributed by atoms with Gasteiger partial charge >= 0.3 is 0 Å². The van der Waals surface area contributed by atoms with Gasteiger partial charge in [-0.1, -0.05) is 0 Å². The molecule has 1 aromatic carbocycles. The summed E-state index contributed by atoms with van der Waals surface area (Å²) in [6, 6.07) is 3.29. The van der Waals surface area contributed by atoms with Crippen molar-refractivity contribution in [3.63, 3.8) is 0 Å². The highest BCUT2D eigenvalue weighted by Gasteiger charge is 2.19. The molecule has 0 aliphatic carbocycles. The molecule has 2 heterocycles. The molecular weight excluding hydrogens is 364 g/mol. The van der Waals surface area contributed by atoms with Gasteiger partial charge in [0.05, 0.1) is 14.6 Å². The minimum Gasteiger partial charge on any atom is -0.369 e. The van der Waals surface area contributed by atoms with E-state index in [2.05, 4.69) is 4.98 Å². The molecule has 0 spiro atoms. The van der Waals surface area contributed by atoms with Crippen molar-refractivity contribution in [3.8, 4) is 0 Å². The Balaban J connectivity index is 2.04. The topological polar surface area (TPSA) is 43.8 Å². The summed E-state index contributed by atoms with van der Waals surface area (Å²) in [6.45, 7) is 0.826. The van der Waals surface area contributed by atoms with E-state index >= 15 is 0 Å². The third-order valence-electron chi connectivity index (χ3n) is 3.23. The molecule has 18 heavy (non-hydrogen) atoms. The van der Waals surface area contributed by atoms with E-state index in [0.29, 0.717) is 14.8 Å². The average Bonchev–Trinajstić information content (AvgIpc) is 2.92. The summed E-state index contributed by atoms with van der Waals surface area (Å²) in [5.41, 5.74) is 7.53. The van der Waals surface area contributed by atoms with Crippen molar-refractivity contribution in [1.29, 1.82) is 0 Å². The molecule has 1 aliphatic heterocycles. The van der Waals surface area contributed by atoms with E-state index in [1.807, 2.05) is 38.9 Å². The predicted octanol–water partition coefficient (Wildman–Crippen LogP) is 3.26. The Labute approximate surface area is 122 Å². The van der Waals surface area contributed by atoms with E-state index in [4.69, 9.17) is 5.73 Å². The summed E-state index contributed by atoms with van der Waals surface area (Å²) in [6.07, 6.45) is 2.46. The Morgan fingerprint density at radius 2 is 2.39 bits per heavy atom. The number of aromatic nitrogens is 2. The highest BCUT2D eigenvalue weighted by molar-refractivity contribution is 14.1. The average molecular weight is 377 g/mol. The van der Waals surface area contributed by atoms with Gasteiger partial charge in [-0.15, -0.1) is 0 Å². The van der Waals surface area contributed by atoms with Crippen LogP contribution in [0.5, 0.6) is 0 Å². The van der Waals surface area contributed by atoms with Crippen LogP contribution in [0.1, 0.15) is 12.8 Å². The first-order chi connectivity index (χ1) is 8.65. The van der Waals surface area contributed by atoms with Crippen molar-refractivity contribution in [1.82, 2.24) is 9.55 Å². The second-order valence-corrected chi connectivity index (χ2v) is 7.04. The van der Waals surface area contributed by atoms with Gasteiger partial charge in [-0.05, 0) is 47.3 Å². The smallest absolute Gasteiger partial charge is 0.201 e. The largest absolute Gasteiger partial charge is 0.369 e. The van der Waals surface area contributed by atoms with Crippen molar-refractivity contribution in [2.75, 3.05) is 11.5 Å². The molecule has 0 radical (unpaired) electrons. The molecule has 1 unspecified atom stereocenters. The third kappa shape index (κ3) is 2.20. The fourth-order valence-electron chi connectivity index (χ4n) is 2.32. The van der Waals surface area contributed by atoms with Gasteiger partial charge in [0, 0.05) is 17.9 Å². The molecule has 2 aromatic rings. The molecule has 3 nitrogen and oxygen atoms in total. The number of nitrogens with two attached hydrogens (primary N) is 1. The van der Waals surface area contributed by atoms with Crippen LogP contribution < -0.4 is 5.73 Å². The highest BCUT2D eigenvalue weighted by Crippen LogP contribution is 2.30. The molecule has 1 fully saturated rings. The van der Waals surface area contributed by atoms with Gasteiger partial charge in [0.25, 0.3) is 0 Å². The normalized spacial score (nSPS) is 19.8. The lowest BCUT2D eigenvalue weighted by atomic mass is 10.2. The van der Waals surface area contributed by atoms with Crippen molar-refractivity contribution < 1.29 is 4.39 Å². The maximum atomic E-state index is 13.7. The van der Waals surface area contributed by atoms with Crippen LogP contribution in [0.15, 0.2) is 12.1 Å². The number of thioether (sulfide) groups is 1. The van der Waals surface area contributed by atoms with E-state index in [1.165, 1.54) is 18.6 Å². The number of halogens is 2. The van der Waals surface area contributed by atoms with E-state index in [0.717, 1.165) is 17.6 Å². The third-order valence-corrected chi connectivity index (χ3v) is 5.44. The molecule has 1 aliphatic rings. The van der Waals surface area contributed by atoms with Gasteiger partial charge in [-0.25, -0.2) is 9.37 Å². The number of hydrogen-bond acceptors (Lipinski definition) is 3. The zero-order valence-electron chi connectivity index (χ0n) is 9.70. The summed E-state index contributed by atoms with van der Waals surface area (Å²) in [5, 5.41) is 0.576. The number of imidazole rings is 1. The fourth-order valence-corrected chi connectivity index (χ4v) is 4.03. The van der Waals surface area contributed by atoms with Crippen LogP contribution in [-0.2, 0) is 6.54 Å². The minimum atomic E-state index is -0.205. The van der Waals surface area contributed by atoms with Gasteiger partial charge in [0.1, 0.15) is 5.82 Å². The van der Waals surface area contributed by atoms with E-state index in [-0.39, 0.29) is 5.82 Å². The van der Waals surface area contributed by atoms with Crippen LogP contribution in [0.2, 0.25) is 0 Å². The summed E-state index contributed by atoms with van der Waals surface area (Å²) < 4.78 is 16.2. The summed E-state index contributed by atoms with van der Waals surface area (Å²) in [7, 11) is 0. The lowest BCUT2D eigenvalue weighted by Crippen LogP contribution is -2.12. The number of rotatable bonds is 2. The Morgan fingerprint density at radius 1 is 1.56 bits per heavy atom. The molecule has 1 atom stereocenters. The highest BCUT2D eigenvalue weighted by atomic mass is 127. The Morgan fingerprint density at radius 3 is 3.11 bits per heavy atom. The van der Waals surface area contributed by atoms with Crippen molar-refractivity contribution in [2.24, 2.45) is 0 Å². The first kappa shape index (κ1) is 12.5. The van der Waals surface area contributed by atoms with E-state index < -0.39 is 0 Å². The monoisotopic (exact) mass is 377 g/mol. The van der Waals surface area contributed by atoms with E-state index in [1.54, 1.807) is 12.1 Å².